The maximum absolute atomic E-state index is 10.4. The Kier molecular flexibility index (Phi) is 1.31. The van der Waals surface area contributed by atoms with Crippen molar-refractivity contribution in [2.24, 2.45) is 0 Å². The quantitative estimate of drug-likeness (QED) is 0.468. The van der Waals surface area contributed by atoms with Crippen LogP contribution in [0.15, 0.2) is 11.9 Å². The second-order valence-corrected chi connectivity index (χ2v) is 3.27. The van der Waals surface area contributed by atoms with E-state index in [4.69, 9.17) is 5.11 Å². The van der Waals surface area contributed by atoms with Gasteiger partial charge in [0.05, 0.1) is 13.9 Å². The number of aliphatic hydroxyl groups excluding tert-OH is 1. The Bertz CT molecular complexity index is 119. The van der Waals surface area contributed by atoms with Crippen LogP contribution in [0.3, 0.4) is 0 Å². The Balaban J connectivity index is 2.58. The molecule has 1 heterocycles. The van der Waals surface area contributed by atoms with Gasteiger partial charge in [0, 0.05) is 6.16 Å². The zero-order chi connectivity index (χ0) is 5.28. The monoisotopic (exact) mass is 118 g/mol. The fourth-order valence-corrected chi connectivity index (χ4v) is 1.68. The van der Waals surface area contributed by atoms with E-state index in [0.717, 1.165) is 0 Å². The average Bonchev–Trinajstić information content (AvgIpc) is 1.87. The average molecular weight is 118 g/mol. The summed E-state index contributed by atoms with van der Waals surface area (Å²) < 4.78 is 10.4. The first-order valence-electron chi connectivity index (χ1n) is 2.18. The molecule has 0 fully saturated rings. The molecule has 40 valence electrons. The van der Waals surface area contributed by atoms with E-state index in [0.29, 0.717) is 6.16 Å². The van der Waals surface area contributed by atoms with Crippen molar-refractivity contribution in [1.82, 2.24) is 0 Å². The highest BCUT2D eigenvalue weighted by molar-refractivity contribution is 7.48. The van der Waals surface area contributed by atoms with Crippen LogP contribution in [0.1, 0.15) is 0 Å². The lowest BCUT2D eigenvalue weighted by Gasteiger charge is -1.89. The van der Waals surface area contributed by atoms with Gasteiger partial charge in [0.2, 0.25) is 0 Å². The lowest BCUT2D eigenvalue weighted by atomic mass is 10.4. The van der Waals surface area contributed by atoms with Crippen molar-refractivity contribution in [2.75, 3.05) is 6.16 Å². The van der Waals surface area contributed by atoms with Gasteiger partial charge in [-0.1, -0.05) is 6.08 Å². The first-order valence-corrected chi connectivity index (χ1v) is 3.87. The van der Waals surface area contributed by atoms with Crippen molar-refractivity contribution in [2.45, 2.75) is 6.10 Å². The highest BCUT2D eigenvalue weighted by Gasteiger charge is 2.09. The van der Waals surface area contributed by atoms with Crippen LogP contribution in [0.5, 0.6) is 0 Å². The Morgan fingerprint density at radius 3 is 2.71 bits per heavy atom. The van der Waals surface area contributed by atoms with E-state index in [1.54, 1.807) is 11.9 Å². The van der Waals surface area contributed by atoms with Crippen LogP contribution in [0.25, 0.3) is 0 Å². The van der Waals surface area contributed by atoms with E-state index in [9.17, 15) is 4.57 Å². The summed E-state index contributed by atoms with van der Waals surface area (Å²) in [5.74, 6) is 1.59. The molecule has 2 nitrogen and oxygen atoms in total. The summed E-state index contributed by atoms with van der Waals surface area (Å²) in [4.78, 5) is 0. The minimum atomic E-state index is -1.49. The molecule has 0 aliphatic carbocycles. The van der Waals surface area contributed by atoms with Crippen LogP contribution in [-0.2, 0) is 4.57 Å². The summed E-state index contributed by atoms with van der Waals surface area (Å²) >= 11 is 0. The van der Waals surface area contributed by atoms with E-state index < -0.39 is 13.9 Å². The standard InChI is InChI=1S/C4H7O2P/c5-4-1-2-7(6)3-4/h1-2,4-5,7H,3H2. The van der Waals surface area contributed by atoms with E-state index in [-0.39, 0.29) is 0 Å². The summed E-state index contributed by atoms with van der Waals surface area (Å²) in [5, 5.41) is 8.64. The van der Waals surface area contributed by atoms with Crippen LogP contribution in [0.2, 0.25) is 0 Å². The lowest BCUT2D eigenvalue weighted by molar-refractivity contribution is 0.249. The largest absolute Gasteiger partial charge is 0.389 e. The van der Waals surface area contributed by atoms with E-state index in [2.05, 4.69) is 0 Å². The van der Waals surface area contributed by atoms with Crippen molar-refractivity contribution in [1.29, 1.82) is 0 Å². The van der Waals surface area contributed by atoms with Crippen molar-refractivity contribution < 1.29 is 9.67 Å². The minimum Gasteiger partial charge on any atom is -0.389 e. The molecule has 7 heavy (non-hydrogen) atoms. The van der Waals surface area contributed by atoms with Crippen LogP contribution in [0.4, 0.5) is 0 Å². The van der Waals surface area contributed by atoms with Gasteiger partial charge in [-0.05, 0) is 5.82 Å². The molecule has 0 radical (unpaired) electrons. The van der Waals surface area contributed by atoms with Gasteiger partial charge >= 0.3 is 0 Å². The topological polar surface area (TPSA) is 37.3 Å². The van der Waals surface area contributed by atoms with Crippen molar-refractivity contribution in [3.8, 4) is 0 Å². The van der Waals surface area contributed by atoms with Gasteiger partial charge in [0.25, 0.3) is 0 Å². The fraction of sp³-hybridized carbons (Fsp3) is 0.500. The molecule has 2 unspecified atom stereocenters. The van der Waals surface area contributed by atoms with Gasteiger partial charge < -0.3 is 9.67 Å². The molecule has 0 aromatic rings. The van der Waals surface area contributed by atoms with Gasteiger partial charge in [-0.25, -0.2) is 0 Å². The lowest BCUT2D eigenvalue weighted by Crippen LogP contribution is -1.98. The minimum absolute atomic E-state index is 0.425. The second-order valence-electron chi connectivity index (χ2n) is 1.60. The van der Waals surface area contributed by atoms with E-state index >= 15 is 0 Å². The second kappa shape index (κ2) is 1.81. The number of rotatable bonds is 0. The molecule has 0 bridgehead atoms. The molecular weight excluding hydrogens is 111 g/mol. The van der Waals surface area contributed by atoms with Gasteiger partial charge in [-0.3, -0.25) is 0 Å². The van der Waals surface area contributed by atoms with Gasteiger partial charge in [-0.2, -0.15) is 0 Å². The maximum atomic E-state index is 10.4. The summed E-state index contributed by atoms with van der Waals surface area (Å²) in [6.45, 7) is 0. The first-order chi connectivity index (χ1) is 3.29. The molecular formula is C4H7O2P. The number of hydrogen-bond acceptors (Lipinski definition) is 2. The third-order valence-electron chi connectivity index (χ3n) is 0.915. The normalized spacial score (nSPS) is 39.6. The Labute approximate surface area is 42.6 Å². The maximum Gasteiger partial charge on any atom is 0.0994 e. The van der Waals surface area contributed by atoms with Crippen LogP contribution >= 0.6 is 7.80 Å². The molecule has 0 aromatic carbocycles. The Morgan fingerprint density at radius 2 is 2.57 bits per heavy atom. The summed E-state index contributed by atoms with van der Waals surface area (Å²) in [6, 6.07) is 0. The fourth-order valence-electron chi connectivity index (χ4n) is 0.561. The summed E-state index contributed by atoms with van der Waals surface area (Å²) in [6.07, 6.45) is 1.62. The zero-order valence-corrected chi connectivity index (χ0v) is 4.79. The highest BCUT2D eigenvalue weighted by Crippen LogP contribution is 2.29. The van der Waals surface area contributed by atoms with Crippen LogP contribution < -0.4 is 0 Å². The van der Waals surface area contributed by atoms with Gasteiger partial charge in [-0.15, -0.1) is 0 Å². The third kappa shape index (κ3) is 1.15. The predicted octanol–water partition coefficient (Wildman–Crippen LogP) is 0.434. The molecule has 0 saturated carbocycles. The molecule has 1 aliphatic rings. The molecule has 0 spiro atoms. The number of hydrogen-bond donors (Lipinski definition) is 1. The number of aliphatic hydroxyl groups is 1. The summed E-state index contributed by atoms with van der Waals surface area (Å²) in [7, 11) is -1.49. The Morgan fingerprint density at radius 1 is 1.86 bits per heavy atom. The molecule has 1 N–H and O–H groups in total. The molecule has 1 aliphatic heterocycles. The molecule has 0 amide bonds. The van der Waals surface area contributed by atoms with Crippen LogP contribution in [-0.4, -0.2) is 17.4 Å². The SMILES string of the molecule is O=[PH]1C=CC(O)C1. The van der Waals surface area contributed by atoms with Gasteiger partial charge in [0.15, 0.2) is 0 Å². The van der Waals surface area contributed by atoms with E-state index in [1.807, 2.05) is 0 Å². The van der Waals surface area contributed by atoms with Crippen LogP contribution in [0, 0.1) is 0 Å². The van der Waals surface area contributed by atoms with Crippen molar-refractivity contribution in [3.05, 3.63) is 11.9 Å². The van der Waals surface area contributed by atoms with Crippen molar-refractivity contribution in [3.63, 3.8) is 0 Å². The highest BCUT2D eigenvalue weighted by atomic mass is 31.1. The first kappa shape index (κ1) is 5.07. The smallest absolute Gasteiger partial charge is 0.0994 e. The Hall–Kier alpha value is -0.0700. The van der Waals surface area contributed by atoms with Crippen molar-refractivity contribution >= 4 is 7.80 Å². The molecule has 3 heteroatoms. The summed E-state index contributed by atoms with van der Waals surface area (Å²) in [5.41, 5.74) is 0. The third-order valence-corrected chi connectivity index (χ3v) is 2.30. The van der Waals surface area contributed by atoms with Gasteiger partial charge in [0.1, 0.15) is 0 Å². The zero-order valence-electron chi connectivity index (χ0n) is 3.79. The van der Waals surface area contributed by atoms with E-state index in [1.165, 1.54) is 0 Å². The molecule has 0 aromatic heterocycles. The molecule has 1 rings (SSSR count). The predicted molar refractivity (Wildman–Crippen MR) is 29.0 cm³/mol. The molecule has 0 saturated heterocycles. The molecule has 2 atom stereocenters.